The molecule has 0 aliphatic carbocycles. The van der Waals surface area contributed by atoms with Gasteiger partial charge in [-0.1, -0.05) is 64.6 Å². The molecule has 0 radical (unpaired) electrons. The van der Waals surface area contributed by atoms with Gasteiger partial charge >= 0.3 is 0 Å². The van der Waals surface area contributed by atoms with Crippen molar-refractivity contribution in [1.29, 1.82) is 0 Å². The number of sulfone groups is 1. The Morgan fingerprint density at radius 3 is 2.57 bits per heavy atom. The lowest BCUT2D eigenvalue weighted by atomic mass is 10.1. The summed E-state index contributed by atoms with van der Waals surface area (Å²) in [5.74, 6) is 6.42. The molecule has 0 saturated carbocycles. The van der Waals surface area contributed by atoms with Gasteiger partial charge in [-0.25, -0.2) is 23.4 Å². The van der Waals surface area contributed by atoms with Gasteiger partial charge in [-0.2, -0.15) is 0 Å². The average Bonchev–Trinajstić information content (AvgIpc) is 3.24. The largest absolute Gasteiger partial charge is 0.294 e. The Labute approximate surface area is 223 Å². The molecule has 0 atom stereocenters. The van der Waals surface area contributed by atoms with Crippen molar-refractivity contribution >= 4 is 66.9 Å². The number of nitrogens with one attached hydrogen (secondary N) is 1. The molecule has 2 aromatic carbocycles. The summed E-state index contributed by atoms with van der Waals surface area (Å²) in [6.07, 6.45) is 0.615. The number of isothiocyanates is 1. The van der Waals surface area contributed by atoms with Gasteiger partial charge in [-0.15, -0.1) is 0 Å². The van der Waals surface area contributed by atoms with E-state index in [1.54, 1.807) is 12.1 Å². The first-order valence-electron chi connectivity index (χ1n) is 10.7. The molecular formula is C24H20Cl2N4O2S3. The van der Waals surface area contributed by atoms with E-state index in [0.29, 0.717) is 41.2 Å². The Kier molecular flexibility index (Phi) is 8.58. The minimum Gasteiger partial charge on any atom is -0.294 e. The molecule has 0 amide bonds. The fourth-order valence-electron chi connectivity index (χ4n) is 3.41. The molecule has 2 heterocycles. The number of aliphatic imine (C=N–C) groups is 1. The number of halogens is 2. The van der Waals surface area contributed by atoms with E-state index < -0.39 is 9.84 Å². The van der Waals surface area contributed by atoms with Gasteiger partial charge in [0.15, 0.2) is 15.0 Å². The van der Waals surface area contributed by atoms with Crippen molar-refractivity contribution in [2.75, 3.05) is 36.6 Å². The van der Waals surface area contributed by atoms with Crippen LogP contribution in [0.4, 0.5) is 5.13 Å². The molecule has 11 heteroatoms. The maximum atomic E-state index is 11.8. The summed E-state index contributed by atoms with van der Waals surface area (Å²) in [6.45, 7) is 1.34. The zero-order valence-electron chi connectivity index (χ0n) is 18.4. The average molecular weight is 564 g/mol. The van der Waals surface area contributed by atoms with Crippen molar-refractivity contribution in [1.82, 2.24) is 9.99 Å². The molecule has 35 heavy (non-hydrogen) atoms. The Morgan fingerprint density at radius 2 is 1.89 bits per heavy atom. The van der Waals surface area contributed by atoms with Gasteiger partial charge in [0.2, 0.25) is 0 Å². The number of thiocarbonyl (C=S) groups is 1. The molecular weight excluding hydrogens is 543 g/mol. The van der Waals surface area contributed by atoms with Gasteiger partial charge < -0.3 is 0 Å². The first-order chi connectivity index (χ1) is 16.8. The van der Waals surface area contributed by atoms with Crippen molar-refractivity contribution in [3.63, 3.8) is 0 Å². The lowest BCUT2D eigenvalue weighted by Gasteiger charge is -2.26. The van der Waals surface area contributed by atoms with Crippen LogP contribution in [0.25, 0.3) is 21.7 Å². The van der Waals surface area contributed by atoms with Crippen LogP contribution in [0.1, 0.15) is 12.0 Å². The summed E-state index contributed by atoms with van der Waals surface area (Å²) in [5, 5.41) is 5.95. The number of rotatable bonds is 6. The van der Waals surface area contributed by atoms with Crippen LogP contribution < -0.4 is 5.43 Å². The topological polar surface area (TPSA) is 74.7 Å². The van der Waals surface area contributed by atoms with Crippen molar-refractivity contribution in [2.24, 2.45) is 4.99 Å². The quantitative estimate of drug-likeness (QED) is 0.180. The van der Waals surface area contributed by atoms with E-state index in [4.69, 9.17) is 28.2 Å². The second kappa shape index (κ2) is 11.6. The molecule has 6 nitrogen and oxygen atoms in total. The molecule has 1 fully saturated rings. The van der Waals surface area contributed by atoms with E-state index in [9.17, 15) is 8.42 Å². The zero-order chi connectivity index (χ0) is 24.8. The summed E-state index contributed by atoms with van der Waals surface area (Å²) in [6, 6.07) is 13.2. The van der Waals surface area contributed by atoms with E-state index in [0.717, 1.165) is 27.3 Å². The van der Waals surface area contributed by atoms with Crippen LogP contribution in [0.5, 0.6) is 0 Å². The predicted molar refractivity (Wildman–Crippen MR) is 148 cm³/mol. The highest BCUT2D eigenvalue weighted by molar-refractivity contribution is 7.91. The molecule has 0 unspecified atom stereocenters. The van der Waals surface area contributed by atoms with Gasteiger partial charge in [-0.05, 0) is 36.5 Å². The zero-order valence-corrected chi connectivity index (χ0v) is 22.4. The third-order valence-corrected chi connectivity index (χ3v) is 8.48. The van der Waals surface area contributed by atoms with Crippen LogP contribution in [-0.4, -0.2) is 54.7 Å². The maximum absolute atomic E-state index is 11.8. The molecule has 0 spiro atoms. The summed E-state index contributed by atoms with van der Waals surface area (Å²) >= 11 is 18.7. The number of thiazole rings is 1. The molecule has 1 N–H and O–H groups in total. The molecule has 0 bridgehead atoms. The molecule has 1 aliphatic rings. The summed E-state index contributed by atoms with van der Waals surface area (Å²) in [7, 11) is -2.97. The smallest absolute Gasteiger partial charge is 0.198 e. The highest BCUT2D eigenvalue weighted by Gasteiger charge is 2.23. The number of hydrazine groups is 1. The molecule has 3 aromatic rings. The fraction of sp³-hybridized carbons (Fsp3) is 0.250. The fourth-order valence-corrected chi connectivity index (χ4v) is 6.32. The molecule has 180 valence electrons. The van der Waals surface area contributed by atoms with Crippen LogP contribution in [0, 0.1) is 11.8 Å². The van der Waals surface area contributed by atoms with Crippen molar-refractivity contribution < 1.29 is 8.42 Å². The number of anilines is 1. The van der Waals surface area contributed by atoms with Crippen LogP contribution in [0.3, 0.4) is 0 Å². The summed E-state index contributed by atoms with van der Waals surface area (Å²) < 4.78 is 23.5. The third kappa shape index (κ3) is 6.90. The first kappa shape index (κ1) is 25.8. The Hall–Kier alpha value is -2.28. The lowest BCUT2D eigenvalue weighted by Crippen LogP contribution is -2.43. The molecule has 1 aliphatic heterocycles. The minimum atomic E-state index is -2.97. The highest BCUT2D eigenvalue weighted by Crippen LogP contribution is 2.42. The van der Waals surface area contributed by atoms with E-state index in [1.807, 2.05) is 35.3 Å². The molecule has 1 aromatic heterocycles. The predicted octanol–water partition coefficient (Wildman–Crippen LogP) is 5.69. The highest BCUT2D eigenvalue weighted by atomic mass is 35.5. The van der Waals surface area contributed by atoms with E-state index >= 15 is 0 Å². The van der Waals surface area contributed by atoms with Gasteiger partial charge in [0.25, 0.3) is 0 Å². The number of aromatic nitrogens is 1. The maximum Gasteiger partial charge on any atom is 0.198 e. The number of benzene rings is 2. The Balaban J connectivity index is 1.63. The van der Waals surface area contributed by atoms with Crippen molar-refractivity contribution in [3.8, 4) is 33.5 Å². The van der Waals surface area contributed by atoms with E-state index in [-0.39, 0.29) is 11.5 Å². The van der Waals surface area contributed by atoms with E-state index in [2.05, 4.69) is 39.6 Å². The second-order valence-corrected chi connectivity index (χ2v) is 12.0. The number of hydrogen-bond acceptors (Lipinski definition) is 8. The van der Waals surface area contributed by atoms with Crippen molar-refractivity contribution in [3.05, 3.63) is 58.1 Å². The SMILES string of the molecule is O=S1(=O)CCN(Nc2nc(-c3ccc(C#CCCN=C=S)cc3)c(-c3ccc(Cl)cc3Cl)s2)CC1. The normalized spacial score (nSPS) is 15.0. The summed E-state index contributed by atoms with van der Waals surface area (Å²) in [4.78, 5) is 9.58. The second-order valence-electron chi connectivity index (χ2n) is 7.67. The monoisotopic (exact) mass is 562 g/mol. The van der Waals surface area contributed by atoms with Crippen LogP contribution in [-0.2, 0) is 9.84 Å². The van der Waals surface area contributed by atoms with Gasteiger partial charge in [-0.3, -0.25) is 5.43 Å². The van der Waals surface area contributed by atoms with Crippen LogP contribution in [0.15, 0.2) is 47.5 Å². The third-order valence-electron chi connectivity index (χ3n) is 5.21. The van der Waals surface area contributed by atoms with Gasteiger partial charge in [0, 0.05) is 41.2 Å². The van der Waals surface area contributed by atoms with Gasteiger partial charge in [0.1, 0.15) is 0 Å². The number of nitrogens with zero attached hydrogens (tertiary/aromatic N) is 3. The summed E-state index contributed by atoms with van der Waals surface area (Å²) in [5.41, 5.74) is 6.65. The molecule has 4 rings (SSSR count). The minimum absolute atomic E-state index is 0.120. The molecule has 1 saturated heterocycles. The van der Waals surface area contributed by atoms with Gasteiger partial charge in [0.05, 0.1) is 38.8 Å². The van der Waals surface area contributed by atoms with E-state index in [1.165, 1.54) is 11.3 Å². The lowest BCUT2D eigenvalue weighted by molar-refractivity contribution is 0.354. The standard InChI is InChI=1S/C24H20Cl2N4O2S3/c25-19-8-9-20(21(26)15-19)23-22(18-6-4-17(5-7-18)3-1-2-10-27-16-33)28-24(34-23)29-30-11-13-35(31,32)14-12-30/h4-9,15H,2,10-14H2,(H,28,29). The first-order valence-corrected chi connectivity index (χ1v) is 14.5. The Bertz CT molecular complexity index is 1420. The van der Waals surface area contributed by atoms with Crippen LogP contribution in [0.2, 0.25) is 10.0 Å². The number of hydrogen-bond donors (Lipinski definition) is 1. The van der Waals surface area contributed by atoms with Crippen LogP contribution >= 0.6 is 46.8 Å². The van der Waals surface area contributed by atoms with Crippen molar-refractivity contribution in [2.45, 2.75) is 6.42 Å². The Morgan fingerprint density at radius 1 is 1.14 bits per heavy atom.